The van der Waals surface area contributed by atoms with E-state index in [9.17, 15) is 14.4 Å². The molecular formula is C29H47N3O5. The number of carbonyl (C=O) groups excluding carboxylic acids is 3. The lowest BCUT2D eigenvalue weighted by Gasteiger charge is -2.26. The molecule has 1 N–H and O–H groups in total. The van der Waals surface area contributed by atoms with Crippen LogP contribution in [0.1, 0.15) is 85.6 Å². The van der Waals surface area contributed by atoms with E-state index in [0.717, 1.165) is 45.3 Å². The second-order valence-electron chi connectivity index (χ2n) is 11.8. The van der Waals surface area contributed by atoms with E-state index < -0.39 is 11.2 Å². The molecule has 2 heterocycles. The van der Waals surface area contributed by atoms with Crippen molar-refractivity contribution in [3.63, 3.8) is 0 Å². The van der Waals surface area contributed by atoms with Gasteiger partial charge < -0.3 is 24.6 Å². The Bertz CT molecular complexity index is 861. The molecule has 2 saturated heterocycles. The van der Waals surface area contributed by atoms with Crippen LogP contribution in [0.15, 0.2) is 30.3 Å². The normalized spacial score (nSPS) is 19.2. The lowest BCUT2D eigenvalue weighted by atomic mass is 10.1. The van der Waals surface area contributed by atoms with Gasteiger partial charge in [0.15, 0.2) is 0 Å². The summed E-state index contributed by atoms with van der Waals surface area (Å²) in [6, 6.07) is 10.9. The molecule has 208 valence electrons. The first-order valence-electron chi connectivity index (χ1n) is 13.6. The van der Waals surface area contributed by atoms with Gasteiger partial charge in [0.25, 0.3) is 0 Å². The molecule has 0 aliphatic carbocycles. The molecule has 0 aromatic heterocycles. The number of hydrogen-bond acceptors (Lipinski definition) is 6. The van der Waals surface area contributed by atoms with Crippen LogP contribution in [0.25, 0.3) is 0 Å². The third-order valence-electron chi connectivity index (χ3n) is 6.01. The summed E-state index contributed by atoms with van der Waals surface area (Å²) >= 11 is 0. The number of amides is 2. The van der Waals surface area contributed by atoms with E-state index in [-0.39, 0.29) is 18.0 Å². The van der Waals surface area contributed by atoms with Crippen molar-refractivity contribution in [3.8, 4) is 0 Å². The van der Waals surface area contributed by atoms with Crippen molar-refractivity contribution in [2.24, 2.45) is 0 Å². The Labute approximate surface area is 223 Å². The number of hydrogen-bond donors (Lipinski definition) is 1. The second-order valence-corrected chi connectivity index (χ2v) is 11.8. The number of rotatable bonds is 3. The van der Waals surface area contributed by atoms with Crippen molar-refractivity contribution in [1.82, 2.24) is 15.1 Å². The topological polar surface area (TPSA) is 88.2 Å². The van der Waals surface area contributed by atoms with Crippen LogP contribution in [0.2, 0.25) is 0 Å². The predicted octanol–water partition coefficient (Wildman–Crippen LogP) is 5.54. The van der Waals surface area contributed by atoms with Gasteiger partial charge in [0.05, 0.1) is 0 Å². The number of ketones is 1. The van der Waals surface area contributed by atoms with E-state index in [2.05, 4.69) is 29.6 Å². The maximum absolute atomic E-state index is 12.1. The van der Waals surface area contributed by atoms with Crippen molar-refractivity contribution in [1.29, 1.82) is 0 Å². The summed E-state index contributed by atoms with van der Waals surface area (Å²) in [7, 11) is 0. The Hall–Kier alpha value is -2.61. The van der Waals surface area contributed by atoms with Crippen LogP contribution in [0.4, 0.5) is 9.59 Å². The number of carbonyl (C=O) groups is 3. The smallest absolute Gasteiger partial charge is 0.410 e. The van der Waals surface area contributed by atoms with Crippen LogP contribution in [0.5, 0.6) is 0 Å². The third-order valence-corrected chi connectivity index (χ3v) is 6.01. The molecule has 2 amide bonds. The largest absolute Gasteiger partial charge is 0.444 e. The Morgan fingerprint density at radius 3 is 1.97 bits per heavy atom. The molecule has 0 spiro atoms. The molecule has 0 saturated carbocycles. The average Bonchev–Trinajstić information content (AvgIpc) is 3.17. The zero-order chi connectivity index (χ0) is 27.5. The van der Waals surface area contributed by atoms with Crippen LogP contribution in [-0.4, -0.2) is 71.2 Å². The van der Waals surface area contributed by atoms with E-state index >= 15 is 0 Å². The van der Waals surface area contributed by atoms with Gasteiger partial charge in [-0.3, -0.25) is 4.79 Å². The molecule has 0 bridgehead atoms. The molecule has 1 aromatic carbocycles. The molecule has 3 rings (SSSR count). The van der Waals surface area contributed by atoms with Crippen LogP contribution >= 0.6 is 0 Å². The van der Waals surface area contributed by atoms with Crippen molar-refractivity contribution < 1.29 is 23.9 Å². The maximum atomic E-state index is 12.1. The van der Waals surface area contributed by atoms with Gasteiger partial charge in [0.2, 0.25) is 0 Å². The predicted molar refractivity (Wildman–Crippen MR) is 145 cm³/mol. The minimum Gasteiger partial charge on any atom is -0.444 e. The van der Waals surface area contributed by atoms with Crippen molar-refractivity contribution in [3.05, 3.63) is 35.9 Å². The fraction of sp³-hybridized carbons (Fsp3) is 0.690. The number of likely N-dealkylation sites (tertiary alicyclic amines) is 2. The van der Waals surface area contributed by atoms with E-state index in [0.29, 0.717) is 32.0 Å². The summed E-state index contributed by atoms with van der Waals surface area (Å²) in [5.74, 6) is 0.237. The summed E-state index contributed by atoms with van der Waals surface area (Å²) in [6.45, 7) is 14.8. The quantitative estimate of drug-likeness (QED) is 0.566. The van der Waals surface area contributed by atoms with Gasteiger partial charge in [0.1, 0.15) is 17.0 Å². The fourth-order valence-electron chi connectivity index (χ4n) is 4.14. The van der Waals surface area contributed by atoms with Gasteiger partial charge in [-0.15, -0.1) is 0 Å². The van der Waals surface area contributed by atoms with Gasteiger partial charge in [-0.1, -0.05) is 30.3 Å². The van der Waals surface area contributed by atoms with E-state index in [1.54, 1.807) is 4.90 Å². The number of Topliss-reactive ketones (excluding diaryl/α,β-unsaturated/α-hetero) is 1. The highest BCUT2D eigenvalue weighted by Gasteiger charge is 2.25. The van der Waals surface area contributed by atoms with Gasteiger partial charge in [-0.05, 0) is 72.8 Å². The van der Waals surface area contributed by atoms with Crippen LogP contribution in [0, 0.1) is 0 Å². The van der Waals surface area contributed by atoms with Crippen molar-refractivity contribution >= 4 is 18.0 Å². The molecule has 8 heteroatoms. The number of ether oxygens (including phenoxy) is 2. The first-order valence-corrected chi connectivity index (χ1v) is 13.6. The minimum absolute atomic E-state index is 0.184. The van der Waals surface area contributed by atoms with Crippen LogP contribution in [-0.2, 0) is 20.8 Å². The second kappa shape index (κ2) is 14.4. The highest BCUT2D eigenvalue weighted by molar-refractivity contribution is 5.80. The van der Waals surface area contributed by atoms with Gasteiger partial charge in [-0.2, -0.15) is 0 Å². The Kier molecular flexibility index (Phi) is 11.9. The summed E-state index contributed by atoms with van der Waals surface area (Å²) in [6.07, 6.45) is 4.40. The first-order chi connectivity index (χ1) is 17.3. The highest BCUT2D eigenvalue weighted by Crippen LogP contribution is 2.16. The summed E-state index contributed by atoms with van der Waals surface area (Å²) < 4.78 is 10.7. The van der Waals surface area contributed by atoms with Gasteiger partial charge in [-0.25, -0.2) is 9.59 Å². The summed E-state index contributed by atoms with van der Waals surface area (Å²) in [5, 5.41) is 3.61. The fourth-order valence-corrected chi connectivity index (χ4v) is 4.14. The lowest BCUT2D eigenvalue weighted by molar-refractivity contribution is -0.118. The maximum Gasteiger partial charge on any atom is 0.410 e. The zero-order valence-corrected chi connectivity index (χ0v) is 23.7. The molecule has 2 fully saturated rings. The molecule has 1 atom stereocenters. The van der Waals surface area contributed by atoms with Crippen molar-refractivity contribution in [2.45, 2.75) is 104 Å². The molecular weight excluding hydrogens is 470 g/mol. The Morgan fingerprint density at radius 1 is 0.811 bits per heavy atom. The standard InChI is InChI=1S/C18H28N2O2.C11H19NO3/c1-18(2,3)22-17(21)20-12-7-10-16(11-13-20)19-14-15-8-5-4-6-9-15;1-11(2,3)15-10(14)12-7-4-5-9(13)6-8-12/h4-6,8-9,16,19H,7,10-14H2,1-3H3;4-8H2,1-3H3. The van der Waals surface area contributed by atoms with Gasteiger partial charge >= 0.3 is 12.2 Å². The Morgan fingerprint density at radius 2 is 1.38 bits per heavy atom. The lowest BCUT2D eigenvalue weighted by Crippen LogP contribution is -2.38. The third kappa shape index (κ3) is 13.0. The number of benzene rings is 1. The number of nitrogens with zero attached hydrogens (tertiary/aromatic N) is 2. The highest BCUT2D eigenvalue weighted by atomic mass is 16.6. The van der Waals surface area contributed by atoms with Crippen molar-refractivity contribution in [2.75, 3.05) is 26.2 Å². The SMILES string of the molecule is CC(C)(C)OC(=O)N1CCCC(=O)CC1.CC(C)(C)OC(=O)N1CCCC(NCc2ccccc2)CC1. The number of nitrogens with one attached hydrogen (secondary N) is 1. The molecule has 1 unspecified atom stereocenters. The average molecular weight is 518 g/mol. The minimum atomic E-state index is -0.465. The molecule has 8 nitrogen and oxygen atoms in total. The summed E-state index contributed by atoms with van der Waals surface area (Å²) in [4.78, 5) is 38.4. The Balaban J connectivity index is 0.000000281. The van der Waals surface area contributed by atoms with E-state index in [1.165, 1.54) is 5.56 Å². The zero-order valence-electron chi connectivity index (χ0n) is 23.7. The molecule has 37 heavy (non-hydrogen) atoms. The summed E-state index contributed by atoms with van der Waals surface area (Å²) in [5.41, 5.74) is 0.414. The molecule has 1 aromatic rings. The molecule has 2 aliphatic rings. The van der Waals surface area contributed by atoms with Crippen LogP contribution in [0.3, 0.4) is 0 Å². The van der Waals surface area contributed by atoms with E-state index in [1.807, 2.05) is 52.5 Å². The monoisotopic (exact) mass is 517 g/mol. The molecule has 2 aliphatic heterocycles. The van der Waals surface area contributed by atoms with Crippen LogP contribution < -0.4 is 5.32 Å². The van der Waals surface area contributed by atoms with Gasteiger partial charge in [0, 0.05) is 51.6 Å². The first kappa shape index (κ1) is 30.6. The molecule has 0 radical (unpaired) electrons. The van der Waals surface area contributed by atoms with E-state index in [4.69, 9.17) is 9.47 Å².